The van der Waals surface area contributed by atoms with Crippen LogP contribution in [0.4, 0.5) is 4.79 Å². The van der Waals surface area contributed by atoms with E-state index < -0.39 is 11.5 Å². The third-order valence-corrected chi connectivity index (χ3v) is 4.54. The number of aromatic carboxylic acids is 1. The SMILES string of the molecule is CC(C)(C#Cc1ccc(C(=O)O)cc1)N1C[C@@H]2CNCCN2C1=O.Cl. The van der Waals surface area contributed by atoms with E-state index in [0.29, 0.717) is 6.54 Å². The maximum absolute atomic E-state index is 12.6. The van der Waals surface area contributed by atoms with Gasteiger partial charge < -0.3 is 20.2 Å². The zero-order valence-corrected chi connectivity index (χ0v) is 15.1. The van der Waals surface area contributed by atoms with Gasteiger partial charge in [0.15, 0.2) is 0 Å². The summed E-state index contributed by atoms with van der Waals surface area (Å²) in [5, 5.41) is 12.2. The molecule has 1 atom stereocenters. The first-order chi connectivity index (χ1) is 11.4. The average molecular weight is 364 g/mol. The quantitative estimate of drug-likeness (QED) is 0.784. The van der Waals surface area contributed by atoms with E-state index in [1.807, 2.05) is 23.6 Å². The lowest BCUT2D eigenvalue weighted by Crippen LogP contribution is -2.50. The van der Waals surface area contributed by atoms with Crippen LogP contribution in [0.3, 0.4) is 0 Å². The molecule has 25 heavy (non-hydrogen) atoms. The molecule has 2 amide bonds. The monoisotopic (exact) mass is 363 g/mol. The van der Waals surface area contributed by atoms with Crippen molar-refractivity contribution in [2.45, 2.75) is 25.4 Å². The Labute approximate surface area is 153 Å². The summed E-state index contributed by atoms with van der Waals surface area (Å²) >= 11 is 0. The smallest absolute Gasteiger partial charge is 0.335 e. The van der Waals surface area contributed by atoms with E-state index in [1.54, 1.807) is 12.1 Å². The van der Waals surface area contributed by atoms with E-state index in [2.05, 4.69) is 17.2 Å². The molecule has 134 valence electrons. The number of nitrogens with one attached hydrogen (secondary N) is 1. The van der Waals surface area contributed by atoms with Gasteiger partial charge in [0.1, 0.15) is 5.54 Å². The Morgan fingerprint density at radius 2 is 2.00 bits per heavy atom. The summed E-state index contributed by atoms with van der Waals surface area (Å²) < 4.78 is 0. The fourth-order valence-corrected chi connectivity index (χ4v) is 3.08. The Hall–Kier alpha value is -2.23. The van der Waals surface area contributed by atoms with Crippen LogP contribution in [-0.2, 0) is 0 Å². The van der Waals surface area contributed by atoms with Crippen LogP contribution < -0.4 is 5.32 Å². The second kappa shape index (κ2) is 7.34. The molecule has 3 rings (SSSR count). The summed E-state index contributed by atoms with van der Waals surface area (Å²) in [5.74, 6) is 5.27. The first-order valence-electron chi connectivity index (χ1n) is 8.04. The highest BCUT2D eigenvalue weighted by Gasteiger charge is 2.44. The van der Waals surface area contributed by atoms with Gasteiger partial charge >= 0.3 is 12.0 Å². The minimum Gasteiger partial charge on any atom is -0.478 e. The van der Waals surface area contributed by atoms with E-state index in [4.69, 9.17) is 5.11 Å². The topological polar surface area (TPSA) is 72.9 Å². The van der Waals surface area contributed by atoms with Crippen molar-refractivity contribution in [3.05, 3.63) is 35.4 Å². The van der Waals surface area contributed by atoms with Crippen molar-refractivity contribution in [2.24, 2.45) is 0 Å². The molecule has 6 nitrogen and oxygen atoms in total. The minimum atomic E-state index is -0.956. The van der Waals surface area contributed by atoms with Gasteiger partial charge in [0.05, 0.1) is 11.6 Å². The Morgan fingerprint density at radius 3 is 2.60 bits per heavy atom. The number of benzene rings is 1. The van der Waals surface area contributed by atoms with Crippen LogP contribution in [0.1, 0.15) is 29.8 Å². The number of halogens is 1. The lowest BCUT2D eigenvalue weighted by molar-refractivity contribution is 0.0697. The number of fused-ring (bicyclic) bond motifs is 1. The fraction of sp³-hybridized carbons (Fsp3) is 0.444. The summed E-state index contributed by atoms with van der Waals surface area (Å²) in [7, 11) is 0. The van der Waals surface area contributed by atoms with Crippen LogP contribution in [0, 0.1) is 11.8 Å². The number of hydrogen-bond donors (Lipinski definition) is 2. The lowest BCUT2D eigenvalue weighted by Gasteiger charge is -2.30. The standard InChI is InChI=1S/C18H21N3O3.ClH/c1-18(2,8-7-13-3-5-14(6-4-13)16(22)23)21-12-15-11-19-9-10-20(15)17(21)24;/h3-6,15,19H,9-12H2,1-2H3,(H,22,23);1H/t15-;/m0./s1. The molecule has 0 saturated carbocycles. The predicted octanol–water partition coefficient (Wildman–Crippen LogP) is 1.65. The third-order valence-electron chi connectivity index (χ3n) is 4.54. The van der Waals surface area contributed by atoms with E-state index in [1.165, 1.54) is 12.1 Å². The van der Waals surface area contributed by atoms with Gasteiger partial charge in [-0.05, 0) is 38.1 Å². The minimum absolute atomic E-state index is 0. The number of nitrogens with zero attached hydrogens (tertiary/aromatic N) is 2. The fourth-order valence-electron chi connectivity index (χ4n) is 3.08. The molecule has 2 saturated heterocycles. The zero-order chi connectivity index (χ0) is 17.3. The van der Waals surface area contributed by atoms with E-state index >= 15 is 0 Å². The van der Waals surface area contributed by atoms with Crippen LogP contribution in [0.2, 0.25) is 0 Å². The molecular formula is C18H22ClN3O3. The number of hydrogen-bond acceptors (Lipinski definition) is 3. The van der Waals surface area contributed by atoms with E-state index in [0.717, 1.165) is 25.2 Å². The third kappa shape index (κ3) is 3.89. The Bertz CT molecular complexity index is 721. The molecular weight excluding hydrogens is 342 g/mol. The molecule has 0 aromatic heterocycles. The number of amides is 2. The van der Waals surface area contributed by atoms with Gasteiger partial charge in [-0.15, -0.1) is 12.4 Å². The molecule has 2 fully saturated rings. The number of carboxylic acid groups (broad SMARTS) is 1. The number of urea groups is 1. The molecule has 0 unspecified atom stereocenters. The number of carbonyl (C=O) groups excluding carboxylic acids is 1. The van der Waals surface area contributed by atoms with E-state index in [9.17, 15) is 9.59 Å². The van der Waals surface area contributed by atoms with Gasteiger partial charge in [0.25, 0.3) is 0 Å². The summed E-state index contributed by atoms with van der Waals surface area (Å²) in [4.78, 5) is 27.2. The average Bonchev–Trinajstić information content (AvgIpc) is 2.92. The molecule has 2 aliphatic rings. The van der Waals surface area contributed by atoms with Crippen LogP contribution in [0.25, 0.3) is 0 Å². The first-order valence-corrected chi connectivity index (χ1v) is 8.04. The molecule has 0 aliphatic carbocycles. The van der Waals surface area contributed by atoms with Crippen molar-refractivity contribution >= 4 is 24.4 Å². The van der Waals surface area contributed by atoms with Gasteiger partial charge in [0, 0.05) is 31.7 Å². The van der Waals surface area contributed by atoms with Gasteiger partial charge in [0.2, 0.25) is 0 Å². The summed E-state index contributed by atoms with van der Waals surface area (Å²) in [6.07, 6.45) is 0. The largest absolute Gasteiger partial charge is 0.478 e. The second-order valence-electron chi connectivity index (χ2n) is 6.64. The molecule has 2 aliphatic heterocycles. The van der Waals surface area contributed by atoms with Crippen LogP contribution in [-0.4, -0.2) is 64.7 Å². The molecule has 1 aromatic rings. The maximum Gasteiger partial charge on any atom is 0.335 e. The van der Waals surface area contributed by atoms with Crippen LogP contribution in [0.5, 0.6) is 0 Å². The van der Waals surface area contributed by atoms with Gasteiger partial charge in [-0.3, -0.25) is 0 Å². The van der Waals surface area contributed by atoms with Crippen molar-refractivity contribution in [3.63, 3.8) is 0 Å². The van der Waals surface area contributed by atoms with Gasteiger partial charge in [-0.1, -0.05) is 11.8 Å². The highest BCUT2D eigenvalue weighted by atomic mass is 35.5. The molecule has 0 bridgehead atoms. The van der Waals surface area contributed by atoms with Crippen molar-refractivity contribution < 1.29 is 14.7 Å². The number of piperazine rings is 1. The molecule has 0 spiro atoms. The second-order valence-corrected chi connectivity index (χ2v) is 6.64. The molecule has 2 N–H and O–H groups in total. The maximum atomic E-state index is 12.6. The van der Waals surface area contributed by atoms with Crippen molar-refractivity contribution in [1.82, 2.24) is 15.1 Å². The Balaban J connectivity index is 0.00000225. The molecule has 1 aromatic carbocycles. The lowest BCUT2D eigenvalue weighted by atomic mass is 10.0. The summed E-state index contributed by atoms with van der Waals surface area (Å²) in [6.45, 7) is 6.94. The summed E-state index contributed by atoms with van der Waals surface area (Å²) in [6, 6.07) is 6.69. The Morgan fingerprint density at radius 1 is 1.32 bits per heavy atom. The number of carboxylic acids is 1. The highest BCUT2D eigenvalue weighted by molar-refractivity contribution is 5.87. The van der Waals surface area contributed by atoms with E-state index in [-0.39, 0.29) is 30.0 Å². The summed E-state index contributed by atoms with van der Waals surface area (Å²) in [5.41, 5.74) is 0.387. The van der Waals surface area contributed by atoms with Crippen LogP contribution in [0.15, 0.2) is 24.3 Å². The van der Waals surface area contributed by atoms with Crippen molar-refractivity contribution in [3.8, 4) is 11.8 Å². The highest BCUT2D eigenvalue weighted by Crippen LogP contribution is 2.25. The van der Waals surface area contributed by atoms with Crippen LogP contribution >= 0.6 is 12.4 Å². The van der Waals surface area contributed by atoms with Gasteiger partial charge in [-0.25, -0.2) is 9.59 Å². The van der Waals surface area contributed by atoms with Gasteiger partial charge in [-0.2, -0.15) is 0 Å². The normalized spacial score (nSPS) is 19.6. The number of carbonyl (C=O) groups is 2. The predicted molar refractivity (Wildman–Crippen MR) is 97.1 cm³/mol. The molecule has 7 heteroatoms. The van der Waals surface area contributed by atoms with Crippen molar-refractivity contribution in [1.29, 1.82) is 0 Å². The molecule has 2 heterocycles. The number of rotatable bonds is 2. The first kappa shape index (κ1) is 19.1. The van der Waals surface area contributed by atoms with Crippen molar-refractivity contribution in [2.75, 3.05) is 26.2 Å². The zero-order valence-electron chi connectivity index (χ0n) is 14.3. The Kier molecular flexibility index (Phi) is 5.61. The molecule has 0 radical (unpaired) electrons.